The van der Waals surface area contributed by atoms with Gasteiger partial charge in [-0.1, -0.05) is 0 Å². The summed E-state index contributed by atoms with van der Waals surface area (Å²) in [4.78, 5) is 20.0. The molecular weight excluding hydrogens is 302 g/mol. The Balaban J connectivity index is 1.39. The number of likely N-dealkylation sites (tertiary alicyclic amines) is 2. The molecule has 6 heteroatoms. The Morgan fingerprint density at radius 3 is 2.62 bits per heavy atom. The van der Waals surface area contributed by atoms with Crippen LogP contribution in [0.15, 0.2) is 12.3 Å². The maximum absolute atomic E-state index is 12.1. The zero-order valence-electron chi connectivity index (χ0n) is 14.4. The molecule has 0 saturated carbocycles. The molecule has 0 atom stereocenters. The van der Waals surface area contributed by atoms with E-state index in [2.05, 4.69) is 27.1 Å². The van der Waals surface area contributed by atoms with Crippen LogP contribution < -0.4 is 5.32 Å². The molecule has 3 heterocycles. The third-order valence-corrected chi connectivity index (χ3v) is 5.46. The van der Waals surface area contributed by atoms with E-state index >= 15 is 0 Å². The van der Waals surface area contributed by atoms with Gasteiger partial charge < -0.3 is 20.1 Å². The number of H-pyrrole nitrogens is 1. The maximum Gasteiger partial charge on any atom is 0.267 e. The lowest BCUT2D eigenvalue weighted by atomic mass is 9.93. The first kappa shape index (κ1) is 17.0. The Hall–Kier alpha value is -1.84. The SMILES string of the molecule is CN1CCC(N2CCC(CNC(=O)c3cc(C#N)c[nH]3)CC2)CC1. The molecule has 6 nitrogen and oxygen atoms in total. The van der Waals surface area contributed by atoms with Gasteiger partial charge in [0, 0.05) is 18.8 Å². The van der Waals surface area contributed by atoms with Crippen molar-refractivity contribution in [3.63, 3.8) is 0 Å². The standard InChI is InChI=1S/C18H27N5O/c1-22-6-4-16(5-7-22)23-8-2-14(3-9-23)12-21-18(24)17-10-15(11-19)13-20-17/h10,13-14,16,20H,2-9,12H2,1H3,(H,21,24). The van der Waals surface area contributed by atoms with E-state index in [1.54, 1.807) is 12.3 Å². The lowest BCUT2D eigenvalue weighted by Crippen LogP contribution is -2.48. The Morgan fingerprint density at radius 2 is 2.00 bits per heavy atom. The molecule has 1 amide bonds. The van der Waals surface area contributed by atoms with Crippen molar-refractivity contribution in [2.45, 2.75) is 31.7 Å². The van der Waals surface area contributed by atoms with Crippen LogP contribution in [-0.2, 0) is 0 Å². The van der Waals surface area contributed by atoms with E-state index in [-0.39, 0.29) is 5.91 Å². The minimum absolute atomic E-state index is 0.116. The van der Waals surface area contributed by atoms with Crippen LogP contribution in [0.2, 0.25) is 0 Å². The van der Waals surface area contributed by atoms with Gasteiger partial charge in [0.25, 0.3) is 5.91 Å². The summed E-state index contributed by atoms with van der Waals surface area (Å²) in [6.07, 6.45) is 6.44. The van der Waals surface area contributed by atoms with Gasteiger partial charge >= 0.3 is 0 Å². The van der Waals surface area contributed by atoms with Gasteiger partial charge in [-0.2, -0.15) is 5.26 Å². The highest BCUT2D eigenvalue weighted by atomic mass is 16.1. The van der Waals surface area contributed by atoms with Crippen molar-refractivity contribution in [1.82, 2.24) is 20.1 Å². The maximum atomic E-state index is 12.1. The van der Waals surface area contributed by atoms with Gasteiger partial charge in [0.2, 0.25) is 0 Å². The second kappa shape index (κ2) is 7.82. The number of nitrogens with zero attached hydrogens (tertiary/aromatic N) is 3. The number of nitriles is 1. The van der Waals surface area contributed by atoms with E-state index in [1.165, 1.54) is 25.9 Å². The molecule has 2 saturated heterocycles. The Labute approximate surface area is 143 Å². The highest BCUT2D eigenvalue weighted by Gasteiger charge is 2.27. The zero-order chi connectivity index (χ0) is 16.9. The number of nitrogens with one attached hydrogen (secondary N) is 2. The molecule has 0 bridgehead atoms. The molecule has 2 aliphatic rings. The number of piperidine rings is 2. The highest BCUT2D eigenvalue weighted by Crippen LogP contribution is 2.23. The summed E-state index contributed by atoms with van der Waals surface area (Å²) in [5.41, 5.74) is 0.960. The first-order chi connectivity index (χ1) is 11.7. The number of hydrogen-bond acceptors (Lipinski definition) is 4. The monoisotopic (exact) mass is 329 g/mol. The number of rotatable bonds is 4. The van der Waals surface area contributed by atoms with Crippen LogP contribution in [0.5, 0.6) is 0 Å². The molecule has 0 radical (unpaired) electrons. The largest absolute Gasteiger partial charge is 0.356 e. The topological polar surface area (TPSA) is 75.2 Å². The van der Waals surface area contributed by atoms with Gasteiger partial charge in [-0.15, -0.1) is 0 Å². The molecular formula is C18H27N5O. The second-order valence-corrected chi connectivity index (χ2v) is 7.14. The fraction of sp³-hybridized carbons (Fsp3) is 0.667. The number of carbonyl (C=O) groups is 1. The fourth-order valence-electron chi connectivity index (χ4n) is 3.80. The normalized spacial score (nSPS) is 21.5. The van der Waals surface area contributed by atoms with Crippen LogP contribution in [0.3, 0.4) is 0 Å². The summed E-state index contributed by atoms with van der Waals surface area (Å²) in [5.74, 6) is 0.441. The van der Waals surface area contributed by atoms with Gasteiger partial charge in [-0.3, -0.25) is 4.79 Å². The average Bonchev–Trinajstić information content (AvgIpc) is 3.10. The van der Waals surface area contributed by atoms with Gasteiger partial charge in [-0.25, -0.2) is 0 Å². The van der Waals surface area contributed by atoms with Gasteiger partial charge in [0.15, 0.2) is 0 Å². The molecule has 2 fully saturated rings. The van der Waals surface area contributed by atoms with Crippen LogP contribution >= 0.6 is 0 Å². The van der Waals surface area contributed by atoms with Crippen molar-refractivity contribution >= 4 is 5.91 Å². The molecule has 0 spiro atoms. The van der Waals surface area contributed by atoms with Crippen molar-refractivity contribution in [2.75, 3.05) is 39.8 Å². The van der Waals surface area contributed by atoms with Gasteiger partial charge in [-0.05, 0) is 70.9 Å². The van der Waals surface area contributed by atoms with Crippen molar-refractivity contribution in [1.29, 1.82) is 5.26 Å². The second-order valence-electron chi connectivity index (χ2n) is 7.14. The summed E-state index contributed by atoms with van der Waals surface area (Å²) in [6.45, 7) is 5.44. The molecule has 0 unspecified atom stereocenters. The lowest BCUT2D eigenvalue weighted by molar-refractivity contribution is 0.0812. The summed E-state index contributed by atoms with van der Waals surface area (Å²) >= 11 is 0. The van der Waals surface area contributed by atoms with Crippen LogP contribution in [-0.4, -0.2) is 66.5 Å². The van der Waals surface area contributed by atoms with Crippen LogP contribution in [0.1, 0.15) is 41.7 Å². The third-order valence-electron chi connectivity index (χ3n) is 5.46. The van der Waals surface area contributed by atoms with Crippen LogP contribution in [0.25, 0.3) is 0 Å². The minimum atomic E-state index is -0.116. The van der Waals surface area contributed by atoms with E-state index in [1.807, 2.05) is 6.07 Å². The predicted molar refractivity (Wildman–Crippen MR) is 92.7 cm³/mol. The Morgan fingerprint density at radius 1 is 1.29 bits per heavy atom. The van der Waals surface area contributed by atoms with E-state index in [4.69, 9.17) is 5.26 Å². The van der Waals surface area contributed by atoms with Crippen molar-refractivity contribution in [3.05, 3.63) is 23.5 Å². The molecule has 2 N–H and O–H groups in total. The quantitative estimate of drug-likeness (QED) is 0.876. The zero-order valence-corrected chi connectivity index (χ0v) is 14.4. The lowest BCUT2D eigenvalue weighted by Gasteiger charge is -2.41. The first-order valence-electron chi connectivity index (χ1n) is 8.95. The molecule has 1 aromatic rings. The Bertz CT molecular complexity index is 589. The summed E-state index contributed by atoms with van der Waals surface area (Å²) in [6, 6.07) is 4.37. The number of aromatic amines is 1. The molecule has 3 rings (SSSR count). The van der Waals surface area contributed by atoms with Crippen LogP contribution in [0.4, 0.5) is 0 Å². The molecule has 2 aliphatic heterocycles. The van der Waals surface area contributed by atoms with Crippen LogP contribution in [0, 0.1) is 17.2 Å². The molecule has 0 aliphatic carbocycles. The molecule has 24 heavy (non-hydrogen) atoms. The third kappa shape index (κ3) is 4.16. The van der Waals surface area contributed by atoms with Gasteiger partial charge in [0.05, 0.1) is 5.56 Å². The molecule has 0 aromatic carbocycles. The summed E-state index contributed by atoms with van der Waals surface area (Å²) < 4.78 is 0. The average molecular weight is 329 g/mol. The number of hydrogen-bond donors (Lipinski definition) is 2. The minimum Gasteiger partial charge on any atom is -0.356 e. The number of carbonyl (C=O) groups excluding carboxylic acids is 1. The molecule has 130 valence electrons. The number of amides is 1. The van der Waals surface area contributed by atoms with Crippen molar-refractivity contribution in [2.24, 2.45) is 5.92 Å². The molecule has 1 aromatic heterocycles. The van der Waals surface area contributed by atoms with Crippen molar-refractivity contribution in [3.8, 4) is 6.07 Å². The predicted octanol–water partition coefficient (Wildman–Crippen LogP) is 1.42. The summed E-state index contributed by atoms with van der Waals surface area (Å²) in [7, 11) is 2.20. The van der Waals surface area contributed by atoms with Gasteiger partial charge in [0.1, 0.15) is 11.8 Å². The van der Waals surface area contributed by atoms with Crippen molar-refractivity contribution < 1.29 is 4.79 Å². The number of aromatic nitrogens is 1. The van der Waals surface area contributed by atoms with E-state index < -0.39 is 0 Å². The van der Waals surface area contributed by atoms with E-state index in [9.17, 15) is 4.79 Å². The van der Waals surface area contributed by atoms with E-state index in [0.717, 1.165) is 38.5 Å². The Kier molecular flexibility index (Phi) is 5.54. The fourth-order valence-corrected chi connectivity index (χ4v) is 3.80. The summed E-state index contributed by atoms with van der Waals surface area (Å²) in [5, 5.41) is 11.8. The smallest absolute Gasteiger partial charge is 0.267 e. The van der Waals surface area contributed by atoms with E-state index in [0.29, 0.717) is 17.2 Å². The highest BCUT2D eigenvalue weighted by molar-refractivity contribution is 5.92. The first-order valence-corrected chi connectivity index (χ1v) is 8.95.